The van der Waals surface area contributed by atoms with Gasteiger partial charge in [0.05, 0.1) is 0 Å². The highest BCUT2D eigenvalue weighted by Crippen LogP contribution is 2.45. The highest BCUT2D eigenvalue weighted by molar-refractivity contribution is 5.05. The molecular weight excluding hydrogens is 158 g/mol. The maximum atomic E-state index is 6.21. The lowest BCUT2D eigenvalue weighted by atomic mass is 9.85. The van der Waals surface area contributed by atoms with Crippen LogP contribution in [0, 0.1) is 11.8 Å². The van der Waals surface area contributed by atoms with Gasteiger partial charge in [0.25, 0.3) is 0 Å². The number of hydrogen-bond donors (Lipinski definition) is 1. The fourth-order valence-electron chi connectivity index (χ4n) is 2.81. The van der Waals surface area contributed by atoms with E-state index in [9.17, 15) is 0 Å². The zero-order valence-electron chi connectivity index (χ0n) is 8.89. The highest BCUT2D eigenvalue weighted by Gasteiger charge is 2.46. The van der Waals surface area contributed by atoms with Crippen LogP contribution in [0.4, 0.5) is 0 Å². The van der Waals surface area contributed by atoms with Crippen molar-refractivity contribution in [2.24, 2.45) is 17.6 Å². The highest BCUT2D eigenvalue weighted by atomic mass is 14.8. The van der Waals surface area contributed by atoms with Crippen molar-refractivity contribution in [1.82, 2.24) is 0 Å². The van der Waals surface area contributed by atoms with E-state index in [4.69, 9.17) is 5.73 Å². The molecule has 0 aromatic rings. The Labute approximate surface area is 82.1 Å². The van der Waals surface area contributed by atoms with Crippen molar-refractivity contribution >= 4 is 0 Å². The van der Waals surface area contributed by atoms with Crippen LogP contribution in [-0.4, -0.2) is 5.54 Å². The molecule has 1 nitrogen and oxygen atoms in total. The van der Waals surface area contributed by atoms with Gasteiger partial charge in [-0.1, -0.05) is 39.0 Å². The van der Waals surface area contributed by atoms with Gasteiger partial charge in [-0.05, 0) is 31.1 Å². The van der Waals surface area contributed by atoms with Crippen molar-refractivity contribution in [1.29, 1.82) is 0 Å². The van der Waals surface area contributed by atoms with Crippen LogP contribution in [0.15, 0.2) is 0 Å². The van der Waals surface area contributed by atoms with Gasteiger partial charge >= 0.3 is 0 Å². The standard InChI is InChI=1S/C12H23N/c1-10-9-12(10,13)8-7-11-5-3-2-4-6-11/h10-11H,2-9,13H2,1H3. The maximum absolute atomic E-state index is 6.21. The van der Waals surface area contributed by atoms with Crippen LogP contribution in [0.2, 0.25) is 0 Å². The summed E-state index contributed by atoms with van der Waals surface area (Å²) < 4.78 is 0. The van der Waals surface area contributed by atoms with E-state index >= 15 is 0 Å². The Bertz CT molecular complexity index is 172. The van der Waals surface area contributed by atoms with E-state index in [0.717, 1.165) is 11.8 Å². The van der Waals surface area contributed by atoms with Gasteiger partial charge in [0, 0.05) is 5.54 Å². The lowest BCUT2D eigenvalue weighted by Crippen LogP contribution is -2.25. The molecule has 13 heavy (non-hydrogen) atoms. The first-order valence-corrected chi connectivity index (χ1v) is 5.99. The van der Waals surface area contributed by atoms with Gasteiger partial charge in [-0.15, -0.1) is 0 Å². The Kier molecular flexibility index (Phi) is 2.64. The van der Waals surface area contributed by atoms with E-state index in [1.807, 2.05) is 0 Å². The average Bonchev–Trinajstić information content (AvgIpc) is 2.74. The van der Waals surface area contributed by atoms with Crippen molar-refractivity contribution in [2.45, 2.75) is 63.8 Å². The molecule has 0 heterocycles. The topological polar surface area (TPSA) is 26.0 Å². The largest absolute Gasteiger partial charge is 0.325 e. The summed E-state index contributed by atoms with van der Waals surface area (Å²) in [5.41, 5.74) is 6.47. The Morgan fingerprint density at radius 2 is 1.85 bits per heavy atom. The molecule has 0 aromatic carbocycles. The number of nitrogens with two attached hydrogens (primary N) is 1. The maximum Gasteiger partial charge on any atom is 0.0184 e. The van der Waals surface area contributed by atoms with Gasteiger partial charge in [0.1, 0.15) is 0 Å². The predicted octanol–water partition coefficient (Wildman–Crippen LogP) is 3.08. The summed E-state index contributed by atoms with van der Waals surface area (Å²) in [5.74, 6) is 1.82. The third-order valence-electron chi connectivity index (χ3n) is 4.25. The zero-order valence-corrected chi connectivity index (χ0v) is 8.89. The molecule has 1 heteroatoms. The Hall–Kier alpha value is -0.0400. The second kappa shape index (κ2) is 3.61. The molecule has 2 aliphatic rings. The Balaban J connectivity index is 1.67. The van der Waals surface area contributed by atoms with E-state index in [-0.39, 0.29) is 5.54 Å². The van der Waals surface area contributed by atoms with Gasteiger partial charge < -0.3 is 5.73 Å². The second-order valence-corrected chi connectivity index (χ2v) is 5.38. The first-order valence-electron chi connectivity index (χ1n) is 5.99. The van der Waals surface area contributed by atoms with Crippen molar-refractivity contribution < 1.29 is 0 Å². The summed E-state index contributed by atoms with van der Waals surface area (Å²) in [6, 6.07) is 0. The van der Waals surface area contributed by atoms with E-state index in [1.54, 1.807) is 0 Å². The minimum atomic E-state index is 0.261. The molecule has 0 bridgehead atoms. The van der Waals surface area contributed by atoms with Gasteiger partial charge in [-0.2, -0.15) is 0 Å². The summed E-state index contributed by atoms with van der Waals surface area (Å²) in [5, 5.41) is 0. The Morgan fingerprint density at radius 1 is 1.23 bits per heavy atom. The molecule has 76 valence electrons. The fourth-order valence-corrected chi connectivity index (χ4v) is 2.81. The van der Waals surface area contributed by atoms with Gasteiger partial charge in [0.15, 0.2) is 0 Å². The molecule has 0 radical (unpaired) electrons. The van der Waals surface area contributed by atoms with Crippen molar-refractivity contribution in [3.8, 4) is 0 Å². The third kappa shape index (κ3) is 2.25. The minimum absolute atomic E-state index is 0.261. The summed E-state index contributed by atoms with van der Waals surface area (Å²) in [6.45, 7) is 2.29. The monoisotopic (exact) mass is 181 g/mol. The van der Waals surface area contributed by atoms with Crippen LogP contribution in [-0.2, 0) is 0 Å². The molecule has 2 unspecified atom stereocenters. The molecule has 0 amide bonds. The molecule has 0 spiro atoms. The fraction of sp³-hybridized carbons (Fsp3) is 1.00. The molecule has 2 saturated carbocycles. The van der Waals surface area contributed by atoms with E-state index in [1.165, 1.54) is 51.4 Å². The summed E-state index contributed by atoms with van der Waals surface area (Å²) in [6.07, 6.45) is 11.3. The molecule has 0 saturated heterocycles. The summed E-state index contributed by atoms with van der Waals surface area (Å²) in [4.78, 5) is 0. The average molecular weight is 181 g/mol. The van der Waals surface area contributed by atoms with Crippen molar-refractivity contribution in [3.63, 3.8) is 0 Å². The summed E-state index contributed by atoms with van der Waals surface area (Å²) >= 11 is 0. The van der Waals surface area contributed by atoms with E-state index in [0.29, 0.717) is 0 Å². The summed E-state index contributed by atoms with van der Waals surface area (Å²) in [7, 11) is 0. The SMILES string of the molecule is CC1CC1(N)CCC1CCCCC1. The molecule has 2 N–H and O–H groups in total. The van der Waals surface area contributed by atoms with Crippen LogP contribution >= 0.6 is 0 Å². The third-order valence-corrected chi connectivity index (χ3v) is 4.25. The number of rotatable bonds is 3. The van der Waals surface area contributed by atoms with Crippen LogP contribution < -0.4 is 5.73 Å². The van der Waals surface area contributed by atoms with Crippen LogP contribution in [0.5, 0.6) is 0 Å². The van der Waals surface area contributed by atoms with Crippen LogP contribution in [0.1, 0.15) is 58.3 Å². The first kappa shape index (κ1) is 9.51. The molecule has 2 rings (SSSR count). The molecule has 2 aliphatic carbocycles. The Morgan fingerprint density at radius 3 is 2.38 bits per heavy atom. The second-order valence-electron chi connectivity index (χ2n) is 5.38. The van der Waals surface area contributed by atoms with Crippen molar-refractivity contribution in [3.05, 3.63) is 0 Å². The minimum Gasteiger partial charge on any atom is -0.325 e. The van der Waals surface area contributed by atoms with Crippen LogP contribution in [0.25, 0.3) is 0 Å². The smallest absolute Gasteiger partial charge is 0.0184 e. The van der Waals surface area contributed by atoms with E-state index < -0.39 is 0 Å². The molecule has 0 aromatic heterocycles. The number of hydrogen-bond acceptors (Lipinski definition) is 1. The predicted molar refractivity (Wildman–Crippen MR) is 56.5 cm³/mol. The van der Waals surface area contributed by atoms with E-state index in [2.05, 4.69) is 6.92 Å². The normalized spacial score (nSPS) is 40.6. The lowest BCUT2D eigenvalue weighted by molar-refractivity contribution is 0.317. The zero-order chi connectivity index (χ0) is 9.31. The molecule has 2 atom stereocenters. The quantitative estimate of drug-likeness (QED) is 0.711. The van der Waals surface area contributed by atoms with Gasteiger partial charge in [-0.3, -0.25) is 0 Å². The first-order chi connectivity index (χ1) is 6.21. The molecule has 2 fully saturated rings. The van der Waals surface area contributed by atoms with Gasteiger partial charge in [-0.25, -0.2) is 0 Å². The van der Waals surface area contributed by atoms with Crippen LogP contribution in [0.3, 0.4) is 0 Å². The molecular formula is C12H23N. The van der Waals surface area contributed by atoms with Gasteiger partial charge in [0.2, 0.25) is 0 Å². The molecule has 0 aliphatic heterocycles. The van der Waals surface area contributed by atoms with Crippen molar-refractivity contribution in [2.75, 3.05) is 0 Å². The lowest BCUT2D eigenvalue weighted by Gasteiger charge is -2.23.